The molecule has 0 amide bonds. The van der Waals surface area contributed by atoms with Gasteiger partial charge >= 0.3 is 0 Å². The molecular formula is C18H22Cl2N6O. The molecule has 1 unspecified atom stereocenters. The van der Waals surface area contributed by atoms with Crippen LogP contribution in [0.25, 0.3) is 11.1 Å². The Bertz CT molecular complexity index is 819. The van der Waals surface area contributed by atoms with Gasteiger partial charge in [0.05, 0.1) is 16.7 Å². The number of guanidine groups is 1. The minimum absolute atomic E-state index is 0.191. The van der Waals surface area contributed by atoms with Gasteiger partial charge in [0.2, 0.25) is 11.7 Å². The molecule has 7 nitrogen and oxygen atoms in total. The smallest absolute Gasteiger partial charge is 0.209 e. The van der Waals surface area contributed by atoms with Gasteiger partial charge < -0.3 is 16.2 Å². The highest BCUT2D eigenvalue weighted by Gasteiger charge is 2.32. The summed E-state index contributed by atoms with van der Waals surface area (Å²) in [5.41, 5.74) is 25.0. The van der Waals surface area contributed by atoms with Crippen LogP contribution in [0.5, 0.6) is 5.75 Å². The Morgan fingerprint density at radius 3 is 2.30 bits per heavy atom. The number of hydrazine groups is 1. The number of nitrogens with one attached hydrogen (secondary N) is 2. The van der Waals surface area contributed by atoms with E-state index in [-0.39, 0.29) is 5.96 Å². The van der Waals surface area contributed by atoms with Gasteiger partial charge in [0.15, 0.2) is 0 Å². The van der Waals surface area contributed by atoms with Gasteiger partial charge in [-0.2, -0.15) is 5.43 Å². The van der Waals surface area contributed by atoms with E-state index < -0.39 is 5.79 Å². The lowest BCUT2D eigenvalue weighted by molar-refractivity contribution is 0.308. The molecule has 0 saturated heterocycles. The molecule has 9 heteroatoms. The third kappa shape index (κ3) is 4.45. The summed E-state index contributed by atoms with van der Waals surface area (Å²) in [5, 5.41) is 0.919. The molecule has 0 radical (unpaired) electrons. The normalized spacial score (nSPS) is 18.9. The predicted octanol–water partition coefficient (Wildman–Crippen LogP) is 2.27. The van der Waals surface area contributed by atoms with Crippen molar-refractivity contribution in [2.24, 2.45) is 22.2 Å². The first-order chi connectivity index (χ1) is 12.9. The molecule has 0 fully saturated rings. The van der Waals surface area contributed by atoms with Gasteiger partial charge in [0.25, 0.3) is 0 Å². The number of nitrogens with two attached hydrogens (primary N) is 3. The summed E-state index contributed by atoms with van der Waals surface area (Å²) in [6, 6.07) is 11.0. The maximum atomic E-state index is 6.49. The zero-order valence-corrected chi connectivity index (χ0v) is 16.1. The van der Waals surface area contributed by atoms with Crippen molar-refractivity contribution in [3.05, 3.63) is 52.0 Å². The van der Waals surface area contributed by atoms with E-state index >= 15 is 0 Å². The number of ether oxygens (including phenoxy) is 1. The summed E-state index contributed by atoms with van der Waals surface area (Å²) in [4.78, 5) is 4.14. The third-order valence-electron chi connectivity index (χ3n) is 4.17. The lowest BCUT2D eigenvalue weighted by Crippen LogP contribution is -2.50. The van der Waals surface area contributed by atoms with E-state index in [2.05, 4.69) is 15.8 Å². The first-order valence-electron chi connectivity index (χ1n) is 8.53. The third-order valence-corrected chi connectivity index (χ3v) is 4.77. The molecule has 1 heterocycles. The molecular weight excluding hydrogens is 387 g/mol. The highest BCUT2D eigenvalue weighted by atomic mass is 35.5. The van der Waals surface area contributed by atoms with E-state index in [1.54, 1.807) is 12.1 Å². The van der Waals surface area contributed by atoms with Crippen LogP contribution in [0.1, 0.15) is 18.4 Å². The van der Waals surface area contributed by atoms with Crippen LogP contribution in [0, 0.1) is 0 Å². The summed E-state index contributed by atoms with van der Waals surface area (Å²) in [5.74, 6) is -0.251. The number of benzene rings is 2. The number of aliphatic imine (C=N–C) groups is 1. The van der Waals surface area contributed by atoms with Gasteiger partial charge in [-0.25, -0.2) is 4.99 Å². The van der Waals surface area contributed by atoms with Crippen LogP contribution in [-0.2, 0) is 5.79 Å². The second-order valence-electron chi connectivity index (χ2n) is 6.20. The van der Waals surface area contributed by atoms with Crippen molar-refractivity contribution in [1.29, 1.82) is 0 Å². The lowest BCUT2D eigenvalue weighted by atomic mass is 10.0. The Morgan fingerprint density at radius 1 is 1.07 bits per heavy atom. The monoisotopic (exact) mass is 408 g/mol. The number of nitrogens with zero attached hydrogens (tertiary/aromatic N) is 1. The summed E-state index contributed by atoms with van der Waals surface area (Å²) >= 11 is 13.0. The molecule has 2 aromatic carbocycles. The number of rotatable bonds is 7. The zero-order chi connectivity index (χ0) is 19.4. The minimum Gasteiger partial charge on any atom is -0.494 e. The summed E-state index contributed by atoms with van der Waals surface area (Å²) in [6.45, 7) is 1.30. The van der Waals surface area contributed by atoms with Crippen molar-refractivity contribution in [3.8, 4) is 16.9 Å². The van der Waals surface area contributed by atoms with E-state index in [1.165, 1.54) is 0 Å². The largest absolute Gasteiger partial charge is 0.494 e. The fourth-order valence-electron chi connectivity index (χ4n) is 2.77. The van der Waals surface area contributed by atoms with Crippen molar-refractivity contribution in [2.45, 2.75) is 18.6 Å². The molecule has 27 heavy (non-hydrogen) atoms. The summed E-state index contributed by atoms with van der Waals surface area (Å²) < 4.78 is 5.69. The average Bonchev–Trinajstić information content (AvgIpc) is 2.99. The molecule has 0 aliphatic carbocycles. The van der Waals surface area contributed by atoms with Crippen LogP contribution in [0.2, 0.25) is 10.0 Å². The van der Waals surface area contributed by atoms with Gasteiger partial charge in [-0.15, -0.1) is 0 Å². The van der Waals surface area contributed by atoms with Crippen LogP contribution < -0.4 is 32.8 Å². The second-order valence-corrected chi connectivity index (χ2v) is 7.01. The van der Waals surface area contributed by atoms with E-state index in [1.807, 2.05) is 24.3 Å². The molecule has 0 spiro atoms. The van der Waals surface area contributed by atoms with Crippen molar-refractivity contribution < 1.29 is 4.74 Å². The molecule has 1 aliphatic rings. The molecule has 2 aromatic rings. The first-order valence-corrected chi connectivity index (χ1v) is 9.29. The number of hydrogen-bond acceptors (Lipinski definition) is 7. The Morgan fingerprint density at radius 2 is 1.74 bits per heavy atom. The van der Waals surface area contributed by atoms with E-state index in [0.29, 0.717) is 34.3 Å². The number of hydrogen-bond donors (Lipinski definition) is 5. The van der Waals surface area contributed by atoms with Gasteiger partial charge in [-0.1, -0.05) is 35.3 Å². The fourth-order valence-corrected chi connectivity index (χ4v) is 3.47. The van der Waals surface area contributed by atoms with Crippen LogP contribution in [-0.4, -0.2) is 19.1 Å². The molecule has 1 aliphatic heterocycles. The van der Waals surface area contributed by atoms with Crippen molar-refractivity contribution in [3.63, 3.8) is 0 Å². The fraction of sp³-hybridized carbons (Fsp3) is 0.278. The zero-order valence-electron chi connectivity index (χ0n) is 14.6. The molecule has 3 rings (SSSR count). The van der Waals surface area contributed by atoms with Crippen molar-refractivity contribution in [1.82, 2.24) is 10.9 Å². The van der Waals surface area contributed by atoms with Gasteiger partial charge in [-0.3, -0.25) is 11.2 Å². The summed E-state index contributed by atoms with van der Waals surface area (Å²) in [6.07, 6.45) is 1.87. The molecule has 1 atom stereocenters. The van der Waals surface area contributed by atoms with Crippen molar-refractivity contribution >= 4 is 29.2 Å². The molecule has 8 N–H and O–H groups in total. The van der Waals surface area contributed by atoms with Crippen LogP contribution in [0.4, 0.5) is 0 Å². The average molecular weight is 409 g/mol. The molecule has 0 aromatic heterocycles. The molecule has 0 saturated carbocycles. The quantitative estimate of drug-likeness (QED) is 0.447. The van der Waals surface area contributed by atoms with Crippen LogP contribution in [0.3, 0.4) is 0 Å². The molecule has 0 bridgehead atoms. The van der Waals surface area contributed by atoms with Gasteiger partial charge in [0, 0.05) is 11.1 Å². The Balaban J connectivity index is 1.81. The topological polar surface area (TPSA) is 124 Å². The standard InChI is InChI=1S/C18H22Cl2N6O/c19-14-9-12(18(23)24-17(22)25-26-18)10-15(20)16(14)11-3-5-13(6-4-11)27-8-2-1-7-21/h3-6,9-10,26H,1-2,7-8,21,23H2,(H3,22,24,25). The predicted molar refractivity (Wildman–Crippen MR) is 109 cm³/mol. The minimum atomic E-state index is -1.23. The van der Waals surface area contributed by atoms with E-state index in [0.717, 1.165) is 24.2 Å². The highest BCUT2D eigenvalue weighted by Crippen LogP contribution is 2.38. The maximum Gasteiger partial charge on any atom is 0.209 e. The molecule has 144 valence electrons. The Kier molecular flexibility index (Phi) is 6.08. The highest BCUT2D eigenvalue weighted by molar-refractivity contribution is 6.39. The first kappa shape index (κ1) is 19.7. The van der Waals surface area contributed by atoms with Gasteiger partial charge in [0.1, 0.15) is 5.75 Å². The van der Waals surface area contributed by atoms with E-state index in [9.17, 15) is 0 Å². The number of unbranched alkanes of at least 4 members (excludes halogenated alkanes) is 1. The second kappa shape index (κ2) is 8.33. The van der Waals surface area contributed by atoms with Crippen molar-refractivity contribution in [2.75, 3.05) is 13.2 Å². The maximum absolute atomic E-state index is 6.49. The Labute approximate surface area is 167 Å². The Hall–Kier alpha value is -2.03. The lowest BCUT2D eigenvalue weighted by Gasteiger charge is -2.22. The van der Waals surface area contributed by atoms with Crippen LogP contribution >= 0.6 is 23.2 Å². The van der Waals surface area contributed by atoms with E-state index in [4.69, 9.17) is 45.1 Å². The van der Waals surface area contributed by atoms with Crippen LogP contribution in [0.15, 0.2) is 41.4 Å². The van der Waals surface area contributed by atoms with Gasteiger partial charge in [-0.05, 0) is 49.2 Å². The summed E-state index contributed by atoms with van der Waals surface area (Å²) in [7, 11) is 0. The SMILES string of the molecule is NCCCCOc1ccc(-c2c(Cl)cc(C3(N)N=C(N)NN3)cc2Cl)cc1. The number of halogens is 2.